The summed E-state index contributed by atoms with van der Waals surface area (Å²) in [5, 5.41) is 11.1. The lowest BCUT2D eigenvalue weighted by atomic mass is 10.0. The summed E-state index contributed by atoms with van der Waals surface area (Å²) in [6, 6.07) is 12.0. The first kappa shape index (κ1) is 23.8. The van der Waals surface area contributed by atoms with Gasteiger partial charge >= 0.3 is 0 Å². The molecule has 0 bridgehead atoms. The average Bonchev–Trinajstić information content (AvgIpc) is 3.50. The zero-order valence-corrected chi connectivity index (χ0v) is 19.0. The largest absolute Gasteiger partial charge is 0.383 e. The smallest absolute Gasteiger partial charge is 0.247 e. The molecule has 2 atom stereocenters. The molecule has 34 heavy (non-hydrogen) atoms. The summed E-state index contributed by atoms with van der Waals surface area (Å²) in [7, 11) is 1.54. The Morgan fingerprint density at radius 3 is 2.79 bits per heavy atom. The Labute approximate surface area is 196 Å². The highest BCUT2D eigenvalue weighted by molar-refractivity contribution is 5.89. The van der Waals surface area contributed by atoms with E-state index in [1.54, 1.807) is 7.11 Å². The molecule has 1 N–H and O–H groups in total. The number of nitrogens with one attached hydrogen (secondary N) is 1. The molecule has 180 valence electrons. The number of carbonyl (C=O) groups excluding carboxylic acids is 2. The monoisotopic (exact) mass is 469 g/mol. The van der Waals surface area contributed by atoms with Crippen LogP contribution in [0.1, 0.15) is 24.4 Å². The summed E-state index contributed by atoms with van der Waals surface area (Å²) in [6.07, 6.45) is 1.49. The third-order valence-electron chi connectivity index (χ3n) is 5.80. The molecular formula is C24H28FN5O4. The number of carbonyl (C=O) groups is 2. The van der Waals surface area contributed by atoms with Crippen LogP contribution in [-0.4, -0.2) is 71.2 Å². The number of methoxy groups -OCH3 is 1. The van der Waals surface area contributed by atoms with E-state index in [9.17, 15) is 14.0 Å². The Morgan fingerprint density at radius 2 is 2.06 bits per heavy atom. The van der Waals surface area contributed by atoms with E-state index in [1.807, 2.05) is 24.3 Å². The molecule has 2 amide bonds. The lowest BCUT2D eigenvalue weighted by Gasteiger charge is -2.33. The van der Waals surface area contributed by atoms with Crippen molar-refractivity contribution >= 4 is 22.8 Å². The van der Waals surface area contributed by atoms with Crippen molar-refractivity contribution in [2.45, 2.75) is 31.5 Å². The Hall–Kier alpha value is -3.37. The molecule has 3 aromatic rings. The zero-order valence-electron chi connectivity index (χ0n) is 19.0. The third kappa shape index (κ3) is 5.57. The van der Waals surface area contributed by atoms with Crippen LogP contribution in [-0.2, 0) is 25.6 Å². The maximum Gasteiger partial charge on any atom is 0.247 e. The van der Waals surface area contributed by atoms with Crippen LogP contribution in [0.3, 0.4) is 0 Å². The first-order chi connectivity index (χ1) is 16.6. The van der Waals surface area contributed by atoms with Gasteiger partial charge in [0, 0.05) is 26.8 Å². The molecule has 10 heteroatoms. The summed E-state index contributed by atoms with van der Waals surface area (Å²) in [6.45, 7) is 1.35. The molecule has 0 radical (unpaired) electrons. The van der Waals surface area contributed by atoms with Crippen molar-refractivity contribution in [1.82, 2.24) is 25.2 Å². The summed E-state index contributed by atoms with van der Waals surface area (Å²) >= 11 is 0. The van der Waals surface area contributed by atoms with Crippen molar-refractivity contribution in [2.75, 3.05) is 33.4 Å². The number of halogens is 1. The lowest BCUT2D eigenvalue weighted by Crippen LogP contribution is -2.48. The number of hydrogen-bond acceptors (Lipinski definition) is 6. The van der Waals surface area contributed by atoms with Crippen LogP contribution in [0.4, 0.5) is 4.39 Å². The Morgan fingerprint density at radius 1 is 1.26 bits per heavy atom. The van der Waals surface area contributed by atoms with Crippen LogP contribution < -0.4 is 5.32 Å². The van der Waals surface area contributed by atoms with Crippen molar-refractivity contribution in [3.05, 3.63) is 59.9 Å². The number of hydrogen-bond donors (Lipinski definition) is 1. The summed E-state index contributed by atoms with van der Waals surface area (Å²) in [5.41, 5.74) is 1.90. The molecule has 0 unspecified atom stereocenters. The number of fused-ring (bicyclic) bond motifs is 1. The summed E-state index contributed by atoms with van der Waals surface area (Å²) in [5.74, 6) is -1.12. The van der Waals surface area contributed by atoms with E-state index in [-0.39, 0.29) is 37.6 Å². The fourth-order valence-corrected chi connectivity index (χ4v) is 4.10. The second-order valence-electron chi connectivity index (χ2n) is 8.15. The maximum atomic E-state index is 13.7. The van der Waals surface area contributed by atoms with Crippen LogP contribution in [0.25, 0.3) is 11.0 Å². The molecular weight excluding hydrogens is 441 g/mol. The molecule has 2 aromatic carbocycles. The van der Waals surface area contributed by atoms with E-state index in [4.69, 9.17) is 9.47 Å². The van der Waals surface area contributed by atoms with Gasteiger partial charge in [0.2, 0.25) is 11.8 Å². The first-order valence-corrected chi connectivity index (χ1v) is 11.3. The zero-order chi connectivity index (χ0) is 23.9. The van der Waals surface area contributed by atoms with Crippen LogP contribution in [0.5, 0.6) is 0 Å². The fraction of sp³-hybridized carbons (Fsp3) is 0.417. The Kier molecular flexibility index (Phi) is 7.81. The number of para-hydroxylation sites is 1. The molecule has 0 spiro atoms. The van der Waals surface area contributed by atoms with Gasteiger partial charge in [0.1, 0.15) is 23.9 Å². The van der Waals surface area contributed by atoms with Crippen molar-refractivity contribution in [2.24, 2.45) is 0 Å². The van der Waals surface area contributed by atoms with E-state index in [1.165, 1.54) is 33.8 Å². The van der Waals surface area contributed by atoms with Gasteiger partial charge in [-0.2, -0.15) is 0 Å². The molecule has 2 heterocycles. The standard InChI is InChI=1S/C24H28FN5O4/c1-33-14-12-26-24(32)23(17-8-10-18(25)11-9-17)29(15-19-5-4-13-34-19)22(31)16-30-21-7-3-2-6-20(21)27-28-30/h2-3,6-11,19,23H,4-5,12-16H2,1H3,(H,26,32)/t19-,23-/m0/s1. The topological polar surface area (TPSA) is 98.6 Å². The van der Waals surface area contributed by atoms with Gasteiger partial charge < -0.3 is 19.7 Å². The minimum atomic E-state index is -0.969. The number of aromatic nitrogens is 3. The number of rotatable bonds is 10. The van der Waals surface area contributed by atoms with Gasteiger partial charge in [-0.25, -0.2) is 9.07 Å². The highest BCUT2D eigenvalue weighted by Crippen LogP contribution is 2.25. The summed E-state index contributed by atoms with van der Waals surface area (Å²) in [4.78, 5) is 28.5. The molecule has 1 saturated heterocycles. The van der Waals surface area contributed by atoms with Crippen LogP contribution in [0.2, 0.25) is 0 Å². The normalized spacial score (nSPS) is 16.5. The van der Waals surface area contributed by atoms with Crippen LogP contribution in [0.15, 0.2) is 48.5 Å². The van der Waals surface area contributed by atoms with Gasteiger partial charge in [-0.15, -0.1) is 5.10 Å². The molecule has 9 nitrogen and oxygen atoms in total. The van der Waals surface area contributed by atoms with Gasteiger partial charge in [-0.3, -0.25) is 9.59 Å². The number of benzene rings is 2. The van der Waals surface area contributed by atoms with E-state index in [2.05, 4.69) is 15.6 Å². The van der Waals surface area contributed by atoms with Crippen molar-refractivity contribution in [3.8, 4) is 0 Å². The highest BCUT2D eigenvalue weighted by Gasteiger charge is 2.34. The van der Waals surface area contributed by atoms with Gasteiger partial charge in [-0.1, -0.05) is 29.5 Å². The van der Waals surface area contributed by atoms with Gasteiger partial charge in [0.25, 0.3) is 0 Å². The molecule has 4 rings (SSSR count). The molecule has 1 aliphatic rings. The van der Waals surface area contributed by atoms with Crippen LogP contribution in [0, 0.1) is 5.82 Å². The SMILES string of the molecule is COCCNC(=O)[C@H](c1ccc(F)cc1)N(C[C@@H]1CCCO1)C(=O)Cn1nnc2ccccc21. The summed E-state index contributed by atoms with van der Waals surface area (Å²) < 4.78 is 26.0. The lowest BCUT2D eigenvalue weighted by molar-refractivity contribution is -0.143. The van der Waals surface area contributed by atoms with Crippen LogP contribution >= 0.6 is 0 Å². The van der Waals surface area contributed by atoms with Gasteiger partial charge in [0.05, 0.1) is 18.2 Å². The van der Waals surface area contributed by atoms with Crippen molar-refractivity contribution in [3.63, 3.8) is 0 Å². The number of nitrogens with zero attached hydrogens (tertiary/aromatic N) is 4. The minimum Gasteiger partial charge on any atom is -0.383 e. The predicted octanol–water partition coefficient (Wildman–Crippen LogP) is 2.08. The third-order valence-corrected chi connectivity index (χ3v) is 5.80. The van der Waals surface area contributed by atoms with E-state index >= 15 is 0 Å². The predicted molar refractivity (Wildman–Crippen MR) is 122 cm³/mol. The maximum absolute atomic E-state index is 13.7. The molecule has 1 aliphatic heterocycles. The molecule has 0 saturated carbocycles. The van der Waals surface area contributed by atoms with E-state index < -0.39 is 11.9 Å². The molecule has 0 aliphatic carbocycles. The second kappa shape index (κ2) is 11.2. The quantitative estimate of drug-likeness (QED) is 0.457. The average molecular weight is 470 g/mol. The fourth-order valence-electron chi connectivity index (χ4n) is 4.10. The number of ether oxygens (including phenoxy) is 2. The van der Waals surface area contributed by atoms with E-state index in [0.29, 0.717) is 24.3 Å². The van der Waals surface area contributed by atoms with Gasteiger partial charge in [-0.05, 0) is 42.7 Å². The van der Waals surface area contributed by atoms with Crippen molar-refractivity contribution < 1.29 is 23.5 Å². The van der Waals surface area contributed by atoms with Gasteiger partial charge in [0.15, 0.2) is 0 Å². The Balaban J connectivity index is 1.66. The minimum absolute atomic E-state index is 0.101. The Bertz CT molecular complexity index is 1110. The first-order valence-electron chi connectivity index (χ1n) is 11.3. The second-order valence-corrected chi connectivity index (χ2v) is 8.15. The molecule has 1 aromatic heterocycles. The molecule has 1 fully saturated rings. The highest BCUT2D eigenvalue weighted by atomic mass is 19.1. The van der Waals surface area contributed by atoms with E-state index in [0.717, 1.165) is 18.4 Å². The van der Waals surface area contributed by atoms with Crippen molar-refractivity contribution in [1.29, 1.82) is 0 Å². The number of amides is 2.